The SMILES string of the molecule is CN/C=C(\C(=O)NC)C(=O)Nc1ccc(Oc2ccnc3cc(OC)c(OC)cc23)c(F)c1. The third-order valence-electron chi connectivity index (χ3n) is 4.62. The van der Waals surface area contributed by atoms with Crippen LogP contribution in [-0.4, -0.2) is 45.1 Å². The van der Waals surface area contributed by atoms with Gasteiger partial charge in [0.15, 0.2) is 23.1 Å². The molecule has 2 amide bonds. The highest BCUT2D eigenvalue weighted by atomic mass is 19.1. The number of hydrogen-bond donors (Lipinski definition) is 3. The molecule has 0 unspecified atom stereocenters. The third-order valence-corrected chi connectivity index (χ3v) is 4.62. The van der Waals surface area contributed by atoms with Crippen LogP contribution >= 0.6 is 0 Å². The molecule has 3 N–H and O–H groups in total. The van der Waals surface area contributed by atoms with Crippen molar-refractivity contribution in [3.05, 3.63) is 60.2 Å². The van der Waals surface area contributed by atoms with E-state index in [1.54, 1.807) is 25.2 Å². The summed E-state index contributed by atoms with van der Waals surface area (Å²) in [6.45, 7) is 0. The molecule has 0 saturated heterocycles. The standard InChI is InChI=1S/C23H23FN4O5/c1-25-12-15(22(29)26-2)23(30)28-13-5-6-19(16(24)9-13)33-18-7-8-27-17-11-21(32-4)20(31-3)10-14(17)18/h5-12,25H,1-4H3,(H,26,29)(H,28,30)/b15-12+. The summed E-state index contributed by atoms with van der Waals surface area (Å²) in [6.07, 6.45) is 2.78. The van der Waals surface area contributed by atoms with Gasteiger partial charge in [-0.15, -0.1) is 0 Å². The van der Waals surface area contributed by atoms with Gasteiger partial charge in [-0.2, -0.15) is 0 Å². The van der Waals surface area contributed by atoms with Crippen LogP contribution in [0.25, 0.3) is 10.9 Å². The molecule has 0 fully saturated rings. The number of rotatable bonds is 8. The van der Waals surface area contributed by atoms with E-state index in [1.165, 1.54) is 45.8 Å². The molecule has 1 heterocycles. The lowest BCUT2D eigenvalue weighted by Crippen LogP contribution is -2.29. The van der Waals surface area contributed by atoms with Gasteiger partial charge in [-0.3, -0.25) is 14.6 Å². The van der Waals surface area contributed by atoms with Gasteiger partial charge in [-0.1, -0.05) is 0 Å². The van der Waals surface area contributed by atoms with Crippen LogP contribution in [0.2, 0.25) is 0 Å². The van der Waals surface area contributed by atoms with Crippen LogP contribution in [0.15, 0.2) is 54.4 Å². The van der Waals surface area contributed by atoms with E-state index in [-0.39, 0.29) is 17.0 Å². The van der Waals surface area contributed by atoms with Crippen LogP contribution in [0.1, 0.15) is 0 Å². The fraction of sp³-hybridized carbons (Fsp3) is 0.174. The zero-order valence-electron chi connectivity index (χ0n) is 18.5. The summed E-state index contributed by atoms with van der Waals surface area (Å²) in [6, 6.07) is 8.92. The Morgan fingerprint density at radius 1 is 0.939 bits per heavy atom. The first-order chi connectivity index (χ1) is 15.9. The Kier molecular flexibility index (Phi) is 7.29. The number of benzene rings is 2. The maximum Gasteiger partial charge on any atom is 0.262 e. The van der Waals surface area contributed by atoms with Gasteiger partial charge in [0, 0.05) is 49.7 Å². The fourth-order valence-corrected chi connectivity index (χ4v) is 3.03. The number of carbonyl (C=O) groups is 2. The number of aromatic nitrogens is 1. The number of anilines is 1. The first kappa shape index (κ1) is 23.3. The van der Waals surface area contributed by atoms with Gasteiger partial charge < -0.3 is 30.2 Å². The minimum Gasteiger partial charge on any atom is -0.493 e. The average Bonchev–Trinajstić information content (AvgIpc) is 2.82. The molecule has 1 aromatic heterocycles. The van der Waals surface area contributed by atoms with Gasteiger partial charge in [0.05, 0.1) is 19.7 Å². The van der Waals surface area contributed by atoms with Crippen LogP contribution in [0.3, 0.4) is 0 Å². The number of pyridine rings is 1. The normalized spacial score (nSPS) is 11.0. The molecule has 172 valence electrons. The molecule has 3 rings (SSSR count). The number of methoxy groups -OCH3 is 2. The van der Waals surface area contributed by atoms with Crippen molar-refractivity contribution in [3.8, 4) is 23.0 Å². The van der Waals surface area contributed by atoms with Crippen molar-refractivity contribution in [1.29, 1.82) is 0 Å². The number of halogens is 1. The number of likely N-dealkylation sites (N-methyl/N-ethyl adjacent to an activating group) is 1. The van der Waals surface area contributed by atoms with E-state index in [2.05, 4.69) is 20.9 Å². The quantitative estimate of drug-likeness (QED) is 0.273. The largest absolute Gasteiger partial charge is 0.493 e. The van der Waals surface area contributed by atoms with Crippen molar-refractivity contribution in [1.82, 2.24) is 15.6 Å². The maximum absolute atomic E-state index is 14.8. The zero-order valence-corrected chi connectivity index (χ0v) is 18.5. The minimum absolute atomic E-state index is 0.0624. The molecule has 33 heavy (non-hydrogen) atoms. The third kappa shape index (κ3) is 5.12. The van der Waals surface area contributed by atoms with Crippen LogP contribution in [0, 0.1) is 5.82 Å². The molecule has 2 aromatic carbocycles. The van der Waals surface area contributed by atoms with Crippen molar-refractivity contribution in [2.75, 3.05) is 33.6 Å². The Balaban J connectivity index is 1.87. The molecule has 0 saturated carbocycles. The van der Waals surface area contributed by atoms with E-state index in [0.717, 1.165) is 6.07 Å². The van der Waals surface area contributed by atoms with Gasteiger partial charge >= 0.3 is 0 Å². The Morgan fingerprint density at radius 3 is 2.30 bits per heavy atom. The Hall–Kier alpha value is -4.34. The second kappa shape index (κ2) is 10.3. The van der Waals surface area contributed by atoms with Gasteiger partial charge in [0.1, 0.15) is 11.3 Å². The van der Waals surface area contributed by atoms with Gasteiger partial charge in [-0.25, -0.2) is 4.39 Å². The first-order valence-corrected chi connectivity index (χ1v) is 9.80. The molecule has 9 nitrogen and oxygen atoms in total. The molecular formula is C23H23FN4O5. The lowest BCUT2D eigenvalue weighted by molar-refractivity contribution is -0.121. The van der Waals surface area contributed by atoms with Crippen LogP contribution in [0.4, 0.5) is 10.1 Å². The number of fused-ring (bicyclic) bond motifs is 1. The number of carbonyl (C=O) groups excluding carboxylic acids is 2. The van der Waals surface area contributed by atoms with Gasteiger partial charge in [-0.05, 0) is 24.3 Å². The van der Waals surface area contributed by atoms with E-state index in [0.29, 0.717) is 28.2 Å². The Morgan fingerprint density at radius 2 is 1.67 bits per heavy atom. The zero-order chi connectivity index (χ0) is 24.0. The molecule has 0 atom stereocenters. The predicted octanol–water partition coefficient (Wildman–Crippen LogP) is 2.97. The van der Waals surface area contributed by atoms with Crippen molar-refractivity contribution in [2.45, 2.75) is 0 Å². The van der Waals surface area contributed by atoms with Crippen LogP contribution in [-0.2, 0) is 9.59 Å². The van der Waals surface area contributed by atoms with Gasteiger partial charge in [0.2, 0.25) is 0 Å². The summed E-state index contributed by atoms with van der Waals surface area (Å²) in [4.78, 5) is 28.5. The molecule has 0 aliphatic rings. The molecule has 0 aliphatic heterocycles. The monoisotopic (exact) mass is 454 g/mol. The first-order valence-electron chi connectivity index (χ1n) is 9.80. The number of ether oxygens (including phenoxy) is 3. The van der Waals surface area contributed by atoms with Crippen molar-refractivity contribution in [3.63, 3.8) is 0 Å². The molecule has 0 bridgehead atoms. The summed E-state index contributed by atoms with van der Waals surface area (Å²) in [5.41, 5.74) is 0.572. The minimum atomic E-state index is -0.711. The van der Waals surface area contributed by atoms with Gasteiger partial charge in [0.25, 0.3) is 11.8 Å². The second-order valence-electron chi connectivity index (χ2n) is 6.66. The number of hydrogen-bond acceptors (Lipinski definition) is 7. The highest BCUT2D eigenvalue weighted by Crippen LogP contribution is 2.37. The maximum atomic E-state index is 14.8. The lowest BCUT2D eigenvalue weighted by atomic mass is 10.1. The van der Waals surface area contributed by atoms with Crippen molar-refractivity contribution >= 4 is 28.4 Å². The van der Waals surface area contributed by atoms with E-state index < -0.39 is 17.6 Å². The summed E-state index contributed by atoms with van der Waals surface area (Å²) >= 11 is 0. The highest BCUT2D eigenvalue weighted by molar-refractivity contribution is 6.22. The Labute approximate surface area is 189 Å². The lowest BCUT2D eigenvalue weighted by Gasteiger charge is -2.13. The molecule has 0 aliphatic carbocycles. The van der Waals surface area contributed by atoms with E-state index in [4.69, 9.17) is 14.2 Å². The predicted molar refractivity (Wildman–Crippen MR) is 121 cm³/mol. The average molecular weight is 454 g/mol. The number of nitrogens with one attached hydrogen (secondary N) is 3. The summed E-state index contributed by atoms with van der Waals surface area (Å²) in [5, 5.41) is 8.08. The molecule has 10 heteroatoms. The highest BCUT2D eigenvalue weighted by Gasteiger charge is 2.18. The number of nitrogens with zero attached hydrogens (tertiary/aromatic N) is 1. The number of amides is 2. The fourth-order valence-electron chi connectivity index (χ4n) is 3.03. The van der Waals surface area contributed by atoms with E-state index in [9.17, 15) is 14.0 Å². The van der Waals surface area contributed by atoms with Crippen LogP contribution in [0.5, 0.6) is 23.0 Å². The van der Waals surface area contributed by atoms with Crippen LogP contribution < -0.4 is 30.2 Å². The smallest absolute Gasteiger partial charge is 0.262 e. The molecular weight excluding hydrogens is 431 g/mol. The second-order valence-corrected chi connectivity index (χ2v) is 6.66. The van der Waals surface area contributed by atoms with E-state index in [1.807, 2.05) is 0 Å². The van der Waals surface area contributed by atoms with E-state index >= 15 is 0 Å². The van der Waals surface area contributed by atoms with Crippen molar-refractivity contribution < 1.29 is 28.2 Å². The molecule has 0 radical (unpaired) electrons. The Bertz CT molecular complexity index is 1230. The summed E-state index contributed by atoms with van der Waals surface area (Å²) in [7, 11) is 5.98. The molecule has 3 aromatic rings. The summed E-state index contributed by atoms with van der Waals surface area (Å²) < 4.78 is 31.2. The topological polar surface area (TPSA) is 111 Å². The van der Waals surface area contributed by atoms with Crippen molar-refractivity contribution in [2.24, 2.45) is 0 Å². The summed E-state index contributed by atoms with van der Waals surface area (Å²) in [5.74, 6) is -0.718. The molecule has 0 spiro atoms.